The number of hydrogen-bond acceptors (Lipinski definition) is 10. The topological polar surface area (TPSA) is 108 Å². The largest absolute Gasteiger partial charge is 0.484 e. The summed E-state index contributed by atoms with van der Waals surface area (Å²) in [7, 11) is 2.06. The Morgan fingerprint density at radius 3 is 2.62 bits per heavy atom. The molecule has 9 nitrogen and oxygen atoms in total. The average Bonchev–Trinajstić information content (AvgIpc) is 3.54. The Hall–Kier alpha value is -2.93. The van der Waals surface area contributed by atoms with Gasteiger partial charge in [0.15, 0.2) is 6.61 Å². The molecule has 12 heteroatoms. The Balaban J connectivity index is 1.43. The first-order valence-electron chi connectivity index (χ1n) is 12.4. The first-order chi connectivity index (χ1) is 18.5. The van der Waals surface area contributed by atoms with Gasteiger partial charge < -0.3 is 19.3 Å². The first-order valence-corrected chi connectivity index (χ1v) is 15.4. The number of ether oxygens (including phenoxy) is 2. The molecule has 2 aromatic heterocycles. The predicted octanol–water partition coefficient (Wildman–Crippen LogP) is 5.26. The van der Waals surface area contributed by atoms with Crippen LogP contribution in [0.3, 0.4) is 0 Å². The monoisotopic (exact) mass is 587 g/mol. The number of thiophene rings is 1. The van der Waals surface area contributed by atoms with Crippen LogP contribution < -0.4 is 10.1 Å². The number of hydrogen-bond donors (Lipinski definition) is 2. The van der Waals surface area contributed by atoms with Gasteiger partial charge in [0.25, 0.3) is 5.91 Å². The molecule has 0 aliphatic carbocycles. The maximum atomic E-state index is 12.5. The van der Waals surface area contributed by atoms with Crippen molar-refractivity contribution in [3.8, 4) is 27.6 Å². The van der Waals surface area contributed by atoms with Gasteiger partial charge in [-0.3, -0.25) is 15.5 Å². The van der Waals surface area contributed by atoms with E-state index in [4.69, 9.17) is 19.9 Å². The summed E-state index contributed by atoms with van der Waals surface area (Å²) in [6, 6.07) is 9.47. The van der Waals surface area contributed by atoms with Crippen LogP contribution in [0.1, 0.15) is 25.6 Å². The fourth-order valence-corrected chi connectivity index (χ4v) is 6.59. The summed E-state index contributed by atoms with van der Waals surface area (Å²) in [4.78, 5) is 34.2. The molecule has 3 aromatic rings. The van der Waals surface area contributed by atoms with Crippen molar-refractivity contribution in [1.82, 2.24) is 20.1 Å². The van der Waals surface area contributed by atoms with E-state index in [1.165, 1.54) is 22.7 Å². The van der Waals surface area contributed by atoms with Gasteiger partial charge in [-0.25, -0.2) is 9.78 Å². The molecule has 3 heterocycles. The van der Waals surface area contributed by atoms with Gasteiger partial charge in [0.2, 0.25) is 0 Å². The van der Waals surface area contributed by atoms with Crippen molar-refractivity contribution < 1.29 is 19.1 Å². The standard InChI is InChI=1S/C27H33N5O4S3/c1-27(2,3)36-26(34)30-23(28)21-14-19(25(37-5)39-21)24-29-20(16-38-24)17-7-6-8-18(13-17)35-15-22(33)32-11-9-31(4)10-12-32/h6-8,13-14,16H,9-12,15H2,1-5H3,(H2,28,30,34). The molecular weight excluding hydrogens is 555 g/mol. The summed E-state index contributed by atoms with van der Waals surface area (Å²) in [5.41, 5.74) is 1.96. The van der Waals surface area contributed by atoms with E-state index >= 15 is 0 Å². The number of rotatable bonds is 7. The summed E-state index contributed by atoms with van der Waals surface area (Å²) < 4.78 is 12.1. The van der Waals surface area contributed by atoms with Crippen LogP contribution in [0.15, 0.2) is 39.9 Å². The molecule has 2 N–H and O–H groups in total. The highest BCUT2D eigenvalue weighted by Gasteiger charge is 2.22. The fourth-order valence-electron chi connectivity index (χ4n) is 3.83. The molecule has 0 saturated carbocycles. The molecule has 39 heavy (non-hydrogen) atoms. The number of likely N-dealkylation sites (N-methyl/N-ethyl adjacent to an activating group) is 1. The normalized spacial score (nSPS) is 14.2. The van der Waals surface area contributed by atoms with Crippen LogP contribution in [0.25, 0.3) is 21.8 Å². The quantitative estimate of drug-likeness (QED) is 0.220. The lowest BCUT2D eigenvalue weighted by Gasteiger charge is -2.32. The van der Waals surface area contributed by atoms with E-state index in [9.17, 15) is 9.59 Å². The molecule has 0 bridgehead atoms. The molecule has 0 spiro atoms. The molecule has 1 aliphatic rings. The number of carbonyl (C=O) groups is 2. The van der Waals surface area contributed by atoms with Crippen molar-refractivity contribution in [1.29, 1.82) is 5.41 Å². The summed E-state index contributed by atoms with van der Waals surface area (Å²) in [6.45, 7) is 8.53. The van der Waals surface area contributed by atoms with Crippen molar-refractivity contribution in [3.05, 3.63) is 40.6 Å². The van der Waals surface area contributed by atoms with Gasteiger partial charge in [0, 0.05) is 42.7 Å². The van der Waals surface area contributed by atoms with Gasteiger partial charge in [-0.1, -0.05) is 12.1 Å². The number of nitrogens with one attached hydrogen (secondary N) is 2. The van der Waals surface area contributed by atoms with Gasteiger partial charge in [-0.15, -0.1) is 34.4 Å². The van der Waals surface area contributed by atoms with Gasteiger partial charge >= 0.3 is 6.09 Å². The molecule has 0 unspecified atom stereocenters. The summed E-state index contributed by atoms with van der Waals surface area (Å²) in [5, 5.41) is 13.7. The Morgan fingerprint density at radius 2 is 1.92 bits per heavy atom. The molecule has 4 rings (SSSR count). The highest BCUT2D eigenvalue weighted by molar-refractivity contribution is 8.00. The number of amidine groups is 1. The Labute approximate surface area is 241 Å². The van der Waals surface area contributed by atoms with Crippen molar-refractivity contribution in [2.75, 3.05) is 46.1 Å². The molecular formula is C27H33N5O4S3. The van der Waals surface area contributed by atoms with Crippen molar-refractivity contribution in [3.63, 3.8) is 0 Å². The van der Waals surface area contributed by atoms with Gasteiger partial charge in [-0.05, 0) is 52.3 Å². The molecule has 0 radical (unpaired) electrons. The third-order valence-corrected chi connectivity index (χ3v) is 9.00. The number of thiazole rings is 1. The zero-order valence-electron chi connectivity index (χ0n) is 22.7. The molecule has 1 saturated heterocycles. The Morgan fingerprint density at radius 1 is 1.18 bits per heavy atom. The Bertz CT molecular complexity index is 1340. The lowest BCUT2D eigenvalue weighted by molar-refractivity contribution is -0.134. The van der Waals surface area contributed by atoms with E-state index < -0.39 is 11.7 Å². The molecule has 2 amide bonds. The number of alkyl carbamates (subject to hydrolysis) is 1. The number of piperazine rings is 1. The fraction of sp³-hybridized carbons (Fsp3) is 0.407. The number of nitrogens with zero attached hydrogens (tertiary/aromatic N) is 3. The molecule has 1 fully saturated rings. The van der Waals surface area contributed by atoms with Crippen LogP contribution in [0.4, 0.5) is 4.79 Å². The number of benzene rings is 1. The molecule has 1 aromatic carbocycles. The summed E-state index contributed by atoms with van der Waals surface area (Å²) in [6.07, 6.45) is 1.32. The minimum Gasteiger partial charge on any atom is -0.484 e. The van der Waals surface area contributed by atoms with Crippen LogP contribution in [-0.2, 0) is 9.53 Å². The van der Waals surface area contributed by atoms with E-state index in [1.807, 2.05) is 46.9 Å². The highest BCUT2D eigenvalue weighted by Crippen LogP contribution is 2.40. The smallest absolute Gasteiger partial charge is 0.413 e. The minimum absolute atomic E-state index is 0.00553. The van der Waals surface area contributed by atoms with Crippen molar-refractivity contribution in [2.45, 2.75) is 30.6 Å². The number of carbonyl (C=O) groups excluding carboxylic acids is 2. The molecule has 1 aliphatic heterocycles. The lowest BCUT2D eigenvalue weighted by Crippen LogP contribution is -2.48. The predicted molar refractivity (Wildman–Crippen MR) is 158 cm³/mol. The second-order valence-corrected chi connectivity index (χ2v) is 13.0. The first kappa shape index (κ1) is 29.1. The van der Waals surface area contributed by atoms with E-state index in [-0.39, 0.29) is 18.3 Å². The van der Waals surface area contributed by atoms with E-state index in [0.717, 1.165) is 52.2 Å². The van der Waals surface area contributed by atoms with Crippen LogP contribution in [0, 0.1) is 5.41 Å². The van der Waals surface area contributed by atoms with Crippen LogP contribution >= 0.6 is 34.4 Å². The second kappa shape index (κ2) is 12.5. The number of thioether (sulfide) groups is 1. The third kappa shape index (κ3) is 7.81. The number of aromatic nitrogens is 1. The van der Waals surface area contributed by atoms with Gasteiger partial charge in [-0.2, -0.15) is 0 Å². The summed E-state index contributed by atoms with van der Waals surface area (Å²) in [5.74, 6) is 0.603. The van der Waals surface area contributed by atoms with E-state index in [1.54, 1.807) is 32.5 Å². The molecule has 0 atom stereocenters. The zero-order chi connectivity index (χ0) is 28.2. The van der Waals surface area contributed by atoms with Gasteiger partial charge in [0.05, 0.1) is 14.8 Å². The zero-order valence-corrected chi connectivity index (χ0v) is 25.1. The van der Waals surface area contributed by atoms with Crippen LogP contribution in [0.2, 0.25) is 0 Å². The van der Waals surface area contributed by atoms with Crippen molar-refractivity contribution >= 4 is 52.3 Å². The van der Waals surface area contributed by atoms with E-state index in [2.05, 4.69) is 17.3 Å². The number of amides is 2. The van der Waals surface area contributed by atoms with Crippen molar-refractivity contribution in [2.24, 2.45) is 0 Å². The van der Waals surface area contributed by atoms with Gasteiger partial charge in [0.1, 0.15) is 22.2 Å². The SMILES string of the molecule is CSc1sc(C(=N)NC(=O)OC(C)(C)C)cc1-c1nc(-c2cccc(OCC(=O)N3CCN(C)CC3)c2)cs1. The van der Waals surface area contributed by atoms with E-state index in [0.29, 0.717) is 10.6 Å². The van der Waals surface area contributed by atoms with Crippen LogP contribution in [-0.4, -0.2) is 84.3 Å². The van der Waals surface area contributed by atoms with Crippen LogP contribution in [0.5, 0.6) is 5.75 Å². The Kier molecular flexibility index (Phi) is 9.31. The lowest BCUT2D eigenvalue weighted by atomic mass is 10.1. The maximum absolute atomic E-state index is 12.5. The minimum atomic E-state index is -0.656. The second-order valence-electron chi connectivity index (χ2n) is 10.1. The highest BCUT2D eigenvalue weighted by atomic mass is 32.2. The third-order valence-electron chi connectivity index (χ3n) is 5.84. The average molecular weight is 588 g/mol. The maximum Gasteiger partial charge on any atom is 0.413 e. The molecule has 208 valence electrons. The summed E-state index contributed by atoms with van der Waals surface area (Å²) >= 11 is 4.51.